The van der Waals surface area contributed by atoms with E-state index < -0.39 is 20.0 Å². The number of hydrogen-bond donors (Lipinski definition) is 2. The van der Waals surface area contributed by atoms with Crippen LogP contribution in [0.1, 0.15) is 297 Å². The number of phosphoric acid groups is 1. The molecule has 0 aromatic carbocycles. The van der Waals surface area contributed by atoms with Gasteiger partial charge in [-0.15, -0.1) is 0 Å². The second kappa shape index (κ2) is 54.3. The number of carbonyl (C=O) groups excluding carboxylic acids is 2. The summed E-state index contributed by atoms with van der Waals surface area (Å²) in [4.78, 5) is 37.7. The van der Waals surface area contributed by atoms with Crippen LogP contribution in [-0.2, 0) is 27.9 Å². The van der Waals surface area contributed by atoms with E-state index in [4.69, 9.17) is 13.8 Å². The van der Waals surface area contributed by atoms with Gasteiger partial charge in [0, 0.05) is 12.8 Å². The molecule has 0 fully saturated rings. The first-order valence-electron chi connectivity index (χ1n) is 31.5. The second-order valence-corrected chi connectivity index (χ2v) is 24.0. The number of rotatable bonds is 57. The molecule has 0 aromatic rings. The third kappa shape index (κ3) is 54.7. The fourth-order valence-electron chi connectivity index (χ4n) is 9.12. The number of nitrogens with one attached hydrogen (secondary N) is 1. The number of hydrogen-bond acceptors (Lipinski definition) is 6. The third-order valence-electron chi connectivity index (χ3n) is 14.0. The van der Waals surface area contributed by atoms with Gasteiger partial charge in [0.2, 0.25) is 5.91 Å². The molecule has 10 heteroatoms. The van der Waals surface area contributed by atoms with E-state index in [1.54, 1.807) is 0 Å². The van der Waals surface area contributed by atoms with Crippen LogP contribution in [0.15, 0.2) is 48.6 Å². The zero-order chi connectivity index (χ0) is 54.3. The maximum atomic E-state index is 13.5. The molecule has 0 saturated carbocycles. The van der Waals surface area contributed by atoms with E-state index in [1.807, 2.05) is 33.3 Å². The first kappa shape index (κ1) is 72.0. The Balaban J connectivity index is 5.16. The highest BCUT2D eigenvalue weighted by molar-refractivity contribution is 7.47. The molecule has 3 unspecified atom stereocenters. The van der Waals surface area contributed by atoms with Gasteiger partial charge in [-0.1, -0.05) is 262 Å². The van der Waals surface area contributed by atoms with E-state index in [0.29, 0.717) is 23.9 Å². The Labute approximate surface area is 458 Å². The van der Waals surface area contributed by atoms with Crippen molar-refractivity contribution in [2.45, 2.75) is 309 Å². The number of nitrogens with zero attached hydrogens (tertiary/aromatic N) is 1. The molecular formula is C64H122N2O7P+. The fraction of sp³-hybridized carbons (Fsp3) is 0.844. The molecule has 0 heterocycles. The number of likely N-dealkylation sites (N-methyl/N-ethyl adjacent to an activating group) is 1. The number of unbranched alkanes of at least 4 members (excludes halogenated alkanes) is 35. The van der Waals surface area contributed by atoms with Crippen molar-refractivity contribution in [2.75, 3.05) is 40.9 Å². The Kier molecular flexibility index (Phi) is 52.8. The summed E-state index contributed by atoms with van der Waals surface area (Å²) >= 11 is 0. The maximum Gasteiger partial charge on any atom is 0.472 e. The van der Waals surface area contributed by atoms with E-state index in [9.17, 15) is 19.0 Å². The van der Waals surface area contributed by atoms with E-state index in [1.165, 1.54) is 193 Å². The molecule has 0 aliphatic carbocycles. The lowest BCUT2D eigenvalue weighted by atomic mass is 10.0. The number of esters is 1. The van der Waals surface area contributed by atoms with Crippen LogP contribution >= 0.6 is 7.82 Å². The number of carbonyl (C=O) groups is 2. The Morgan fingerprint density at radius 2 is 0.824 bits per heavy atom. The quantitative estimate of drug-likeness (QED) is 0.0205. The van der Waals surface area contributed by atoms with Gasteiger partial charge in [-0.05, 0) is 70.3 Å². The molecule has 0 spiro atoms. The first-order chi connectivity index (χ1) is 35.9. The summed E-state index contributed by atoms with van der Waals surface area (Å²) in [6.45, 7) is 7.00. The lowest BCUT2D eigenvalue weighted by molar-refractivity contribution is -0.870. The molecule has 9 nitrogen and oxygen atoms in total. The zero-order valence-corrected chi connectivity index (χ0v) is 50.5. The van der Waals surface area contributed by atoms with E-state index in [0.717, 1.165) is 70.6 Å². The standard InChI is InChI=1S/C64H121N2O7P/c1-7-10-13-16-19-22-25-28-29-30-31-32-33-34-35-36-37-39-41-44-47-50-53-56-63(67)65-61(60-72-74(69,70)71-59-58-66(4,5)6)62(55-52-49-46-43-40-27-24-21-18-15-12-9-3)73-64(68)57-54-51-48-45-42-38-26-23-20-17-14-11-8-2/h19,22,28-29,31-32,52,55,61-62H,7-18,20-21,23-27,30,33-51,53-54,56-60H2,1-6H3,(H-,65,67,69,70)/p+1/b22-19-,29-28-,32-31-,55-52-. The predicted molar refractivity (Wildman–Crippen MR) is 319 cm³/mol. The molecule has 0 rings (SSSR count). The molecule has 3 atom stereocenters. The Morgan fingerprint density at radius 3 is 1.26 bits per heavy atom. The van der Waals surface area contributed by atoms with Gasteiger partial charge in [-0.2, -0.15) is 0 Å². The summed E-state index contributed by atoms with van der Waals surface area (Å²) in [7, 11) is 1.50. The summed E-state index contributed by atoms with van der Waals surface area (Å²) < 4.78 is 30.7. The Hall–Kier alpha value is -2.03. The van der Waals surface area contributed by atoms with Gasteiger partial charge in [0.25, 0.3) is 0 Å². The Morgan fingerprint density at radius 1 is 0.473 bits per heavy atom. The van der Waals surface area contributed by atoms with Crippen molar-refractivity contribution < 1.29 is 37.3 Å². The molecule has 1 amide bonds. The topological polar surface area (TPSA) is 111 Å². The summed E-state index contributed by atoms with van der Waals surface area (Å²) in [5, 5.41) is 3.06. The average molecular weight is 1060 g/mol. The molecule has 74 heavy (non-hydrogen) atoms. The van der Waals surface area contributed by atoms with Gasteiger partial charge in [-0.3, -0.25) is 18.6 Å². The number of quaternary nitrogens is 1. The highest BCUT2D eigenvalue weighted by atomic mass is 31.2. The minimum atomic E-state index is -4.45. The van der Waals surface area contributed by atoms with Crippen LogP contribution in [0.5, 0.6) is 0 Å². The van der Waals surface area contributed by atoms with Gasteiger partial charge in [0.05, 0.1) is 33.8 Å². The summed E-state index contributed by atoms with van der Waals surface area (Å²) in [6.07, 6.45) is 66.7. The molecule has 0 radical (unpaired) electrons. The first-order valence-corrected chi connectivity index (χ1v) is 33.0. The molecule has 0 saturated heterocycles. The monoisotopic (exact) mass is 1060 g/mol. The summed E-state index contributed by atoms with van der Waals surface area (Å²) in [6, 6.07) is -0.847. The van der Waals surface area contributed by atoms with Crippen molar-refractivity contribution in [1.29, 1.82) is 0 Å². The molecule has 0 aliphatic rings. The van der Waals surface area contributed by atoms with Crippen molar-refractivity contribution in [3.05, 3.63) is 48.6 Å². The van der Waals surface area contributed by atoms with E-state index in [2.05, 4.69) is 62.5 Å². The van der Waals surface area contributed by atoms with Crippen molar-refractivity contribution in [2.24, 2.45) is 0 Å². The highest BCUT2D eigenvalue weighted by Crippen LogP contribution is 2.43. The number of allylic oxidation sites excluding steroid dienone is 7. The second-order valence-electron chi connectivity index (χ2n) is 22.6. The molecule has 0 aliphatic heterocycles. The minimum absolute atomic E-state index is 0.0406. The van der Waals surface area contributed by atoms with Crippen molar-refractivity contribution in [1.82, 2.24) is 5.32 Å². The lowest BCUT2D eigenvalue weighted by Crippen LogP contribution is -2.47. The number of phosphoric ester groups is 1. The molecular weight excluding hydrogens is 940 g/mol. The van der Waals surface area contributed by atoms with Crippen molar-refractivity contribution in [3.63, 3.8) is 0 Å². The highest BCUT2D eigenvalue weighted by Gasteiger charge is 2.30. The minimum Gasteiger partial charge on any atom is -0.456 e. The van der Waals surface area contributed by atoms with Gasteiger partial charge in [0.1, 0.15) is 19.3 Å². The fourth-order valence-corrected chi connectivity index (χ4v) is 9.86. The van der Waals surface area contributed by atoms with E-state index in [-0.39, 0.29) is 25.1 Å². The van der Waals surface area contributed by atoms with Gasteiger partial charge in [0.15, 0.2) is 0 Å². The summed E-state index contributed by atoms with van der Waals surface area (Å²) in [5.74, 6) is -0.499. The third-order valence-corrected chi connectivity index (χ3v) is 15.0. The van der Waals surface area contributed by atoms with E-state index >= 15 is 0 Å². The Bertz CT molecular complexity index is 1410. The average Bonchev–Trinajstić information content (AvgIpc) is 3.36. The molecule has 0 aromatic heterocycles. The smallest absolute Gasteiger partial charge is 0.456 e. The number of amides is 1. The molecule has 2 N–H and O–H groups in total. The molecule has 434 valence electrons. The van der Waals surface area contributed by atoms with Crippen LogP contribution < -0.4 is 5.32 Å². The van der Waals surface area contributed by atoms with Crippen molar-refractivity contribution in [3.8, 4) is 0 Å². The lowest BCUT2D eigenvalue weighted by Gasteiger charge is -2.27. The van der Waals surface area contributed by atoms with Crippen LogP contribution in [0.2, 0.25) is 0 Å². The van der Waals surface area contributed by atoms with Crippen LogP contribution in [0.3, 0.4) is 0 Å². The van der Waals surface area contributed by atoms with Crippen LogP contribution in [0.4, 0.5) is 0 Å². The SMILES string of the molecule is CCCCC/C=C\C/C=C\C/C=C\CCCCCCCCCCCCC(=O)NC(COP(=O)(O)OCC[N+](C)(C)C)C(/C=C\CCCCCCCCCCCC)OC(=O)CCCCCCCCCCCCCCC. The molecule has 0 bridgehead atoms. The van der Waals surface area contributed by atoms with Gasteiger partial charge >= 0.3 is 13.8 Å². The largest absolute Gasteiger partial charge is 0.472 e. The summed E-state index contributed by atoms with van der Waals surface area (Å²) in [5.41, 5.74) is 0. The number of ether oxygens (including phenoxy) is 1. The van der Waals surface area contributed by atoms with Crippen LogP contribution in [0, 0.1) is 0 Å². The predicted octanol–water partition coefficient (Wildman–Crippen LogP) is 19.3. The van der Waals surface area contributed by atoms with Gasteiger partial charge in [-0.25, -0.2) is 4.57 Å². The normalized spacial score (nSPS) is 14.0. The van der Waals surface area contributed by atoms with Gasteiger partial charge < -0.3 is 19.4 Å². The van der Waals surface area contributed by atoms with Crippen LogP contribution in [-0.4, -0.2) is 74.3 Å². The zero-order valence-electron chi connectivity index (χ0n) is 49.6. The van der Waals surface area contributed by atoms with Crippen LogP contribution in [0.25, 0.3) is 0 Å². The van der Waals surface area contributed by atoms with Crippen molar-refractivity contribution >= 4 is 19.7 Å². The maximum absolute atomic E-state index is 13.5.